The second kappa shape index (κ2) is 15.6. The van der Waals surface area contributed by atoms with Crippen LogP contribution < -0.4 is 9.62 Å². The SMILES string of the molecule is Cc1ccc(C)c(N(CC(=O)N(Cc2c(Cl)cccc2Cl)C(Cc2ccccc2)C(=O)NCC(C)C)S(=O)(=O)c2ccccc2)c1. The molecule has 46 heavy (non-hydrogen) atoms. The van der Waals surface area contributed by atoms with Crippen LogP contribution in [0.5, 0.6) is 0 Å². The number of hydrogen-bond donors (Lipinski definition) is 1. The van der Waals surface area contributed by atoms with E-state index in [1.807, 2.05) is 63.2 Å². The van der Waals surface area contributed by atoms with Crippen LogP contribution in [0.1, 0.15) is 36.1 Å². The molecule has 0 saturated heterocycles. The summed E-state index contributed by atoms with van der Waals surface area (Å²) in [5, 5.41) is 3.64. The fourth-order valence-electron chi connectivity index (χ4n) is 5.05. The van der Waals surface area contributed by atoms with E-state index >= 15 is 0 Å². The lowest BCUT2D eigenvalue weighted by Gasteiger charge is -2.34. The van der Waals surface area contributed by atoms with E-state index in [-0.39, 0.29) is 29.7 Å². The Bertz CT molecular complexity index is 1750. The Morgan fingerprint density at radius 2 is 1.43 bits per heavy atom. The Balaban J connectivity index is 1.86. The first-order chi connectivity index (χ1) is 21.9. The molecule has 4 aromatic carbocycles. The van der Waals surface area contributed by atoms with E-state index in [1.165, 1.54) is 17.0 Å². The van der Waals surface area contributed by atoms with E-state index in [4.69, 9.17) is 23.2 Å². The van der Waals surface area contributed by atoms with Crippen molar-refractivity contribution < 1.29 is 18.0 Å². The number of carbonyl (C=O) groups excluding carboxylic acids is 2. The van der Waals surface area contributed by atoms with Crippen LogP contribution in [0.15, 0.2) is 102 Å². The van der Waals surface area contributed by atoms with E-state index in [1.54, 1.807) is 49.4 Å². The Hall–Kier alpha value is -3.85. The summed E-state index contributed by atoms with van der Waals surface area (Å²) in [6.45, 7) is 7.34. The summed E-state index contributed by atoms with van der Waals surface area (Å²) >= 11 is 13.2. The van der Waals surface area contributed by atoms with Gasteiger partial charge >= 0.3 is 0 Å². The molecule has 0 aliphatic heterocycles. The topological polar surface area (TPSA) is 86.8 Å². The number of benzene rings is 4. The van der Waals surface area contributed by atoms with Crippen molar-refractivity contribution in [2.45, 2.75) is 51.6 Å². The van der Waals surface area contributed by atoms with Gasteiger partial charge in [-0.3, -0.25) is 13.9 Å². The molecule has 7 nitrogen and oxygen atoms in total. The summed E-state index contributed by atoms with van der Waals surface area (Å²) in [5.41, 5.74) is 3.17. The van der Waals surface area contributed by atoms with Crippen molar-refractivity contribution in [1.82, 2.24) is 10.2 Å². The van der Waals surface area contributed by atoms with E-state index in [0.717, 1.165) is 15.4 Å². The third-order valence-electron chi connectivity index (χ3n) is 7.59. The van der Waals surface area contributed by atoms with Crippen LogP contribution in [0.25, 0.3) is 0 Å². The number of rotatable bonds is 13. The molecule has 0 radical (unpaired) electrons. The molecule has 0 saturated carbocycles. The molecule has 0 fully saturated rings. The van der Waals surface area contributed by atoms with E-state index in [2.05, 4.69) is 5.32 Å². The maximum Gasteiger partial charge on any atom is 0.264 e. The number of carbonyl (C=O) groups is 2. The molecule has 2 amide bonds. The minimum atomic E-state index is -4.20. The smallest absolute Gasteiger partial charge is 0.264 e. The van der Waals surface area contributed by atoms with Crippen molar-refractivity contribution in [1.29, 1.82) is 0 Å². The molecular formula is C36H39Cl2N3O4S. The van der Waals surface area contributed by atoms with Crippen molar-refractivity contribution >= 4 is 50.7 Å². The fraction of sp³-hybridized carbons (Fsp3) is 0.278. The summed E-state index contributed by atoms with van der Waals surface area (Å²) in [5.74, 6) is -0.783. The molecule has 0 spiro atoms. The molecule has 0 aliphatic rings. The molecule has 10 heteroatoms. The van der Waals surface area contributed by atoms with Crippen molar-refractivity contribution in [3.63, 3.8) is 0 Å². The molecule has 4 rings (SSSR count). The Morgan fingerprint density at radius 1 is 0.826 bits per heavy atom. The Morgan fingerprint density at radius 3 is 2.04 bits per heavy atom. The van der Waals surface area contributed by atoms with Gasteiger partial charge in [0.25, 0.3) is 10.0 Å². The molecule has 242 valence electrons. The van der Waals surface area contributed by atoms with Gasteiger partial charge in [0.05, 0.1) is 10.6 Å². The molecule has 1 N–H and O–H groups in total. The van der Waals surface area contributed by atoms with Crippen LogP contribution in [0.4, 0.5) is 5.69 Å². The average Bonchev–Trinajstić information content (AvgIpc) is 3.03. The summed E-state index contributed by atoms with van der Waals surface area (Å²) < 4.78 is 29.6. The maximum atomic E-state index is 14.7. The van der Waals surface area contributed by atoms with E-state index < -0.39 is 28.5 Å². The minimum absolute atomic E-state index is 0.0416. The van der Waals surface area contributed by atoms with Gasteiger partial charge in [0.15, 0.2) is 0 Å². The fourth-order valence-corrected chi connectivity index (χ4v) is 7.06. The second-order valence-corrected chi connectivity index (χ2v) is 14.4. The van der Waals surface area contributed by atoms with Crippen LogP contribution in [0, 0.1) is 19.8 Å². The molecule has 4 aromatic rings. The predicted molar refractivity (Wildman–Crippen MR) is 186 cm³/mol. The number of nitrogens with one attached hydrogen (secondary N) is 1. The zero-order chi connectivity index (χ0) is 33.4. The quantitative estimate of drug-likeness (QED) is 0.162. The first-order valence-electron chi connectivity index (χ1n) is 15.1. The molecule has 1 atom stereocenters. The van der Waals surface area contributed by atoms with E-state index in [9.17, 15) is 18.0 Å². The number of nitrogens with zero attached hydrogens (tertiary/aromatic N) is 2. The van der Waals surface area contributed by atoms with Gasteiger partial charge in [-0.1, -0.05) is 104 Å². The Kier molecular flexibility index (Phi) is 11.9. The minimum Gasteiger partial charge on any atom is -0.354 e. The first-order valence-corrected chi connectivity index (χ1v) is 17.3. The number of aryl methyl sites for hydroxylation is 2. The van der Waals surface area contributed by atoms with Gasteiger partial charge in [-0.15, -0.1) is 0 Å². The normalized spacial score (nSPS) is 12.1. The predicted octanol–water partition coefficient (Wildman–Crippen LogP) is 7.22. The van der Waals surface area contributed by atoms with Crippen molar-refractivity contribution in [3.05, 3.63) is 129 Å². The molecule has 0 aromatic heterocycles. The van der Waals surface area contributed by atoms with Gasteiger partial charge in [-0.25, -0.2) is 8.42 Å². The Labute approximate surface area is 282 Å². The molecule has 0 bridgehead atoms. The third kappa shape index (κ3) is 8.69. The summed E-state index contributed by atoms with van der Waals surface area (Å²) in [6.07, 6.45) is 0.188. The number of amides is 2. The lowest BCUT2D eigenvalue weighted by atomic mass is 10.0. The van der Waals surface area contributed by atoms with Gasteiger partial charge in [0.2, 0.25) is 11.8 Å². The highest BCUT2D eigenvalue weighted by Gasteiger charge is 2.35. The summed E-state index contributed by atoms with van der Waals surface area (Å²) in [4.78, 5) is 30.0. The molecule has 0 aliphatic carbocycles. The zero-order valence-corrected chi connectivity index (χ0v) is 28.7. The monoisotopic (exact) mass is 679 g/mol. The molecule has 0 heterocycles. The highest BCUT2D eigenvalue weighted by Crippen LogP contribution is 2.30. The third-order valence-corrected chi connectivity index (χ3v) is 10.1. The maximum absolute atomic E-state index is 14.7. The van der Waals surface area contributed by atoms with Crippen LogP contribution >= 0.6 is 23.2 Å². The lowest BCUT2D eigenvalue weighted by molar-refractivity contribution is -0.140. The lowest BCUT2D eigenvalue weighted by Crippen LogP contribution is -2.54. The summed E-state index contributed by atoms with van der Waals surface area (Å²) in [6, 6.07) is 26.8. The van der Waals surface area contributed by atoms with Crippen molar-refractivity contribution in [2.24, 2.45) is 5.92 Å². The summed E-state index contributed by atoms with van der Waals surface area (Å²) in [7, 11) is -4.20. The van der Waals surface area contributed by atoms with Crippen LogP contribution in [0.3, 0.4) is 0 Å². The standard InChI is InChI=1S/C36H39Cl2N3O4S/c1-25(2)22-39-36(43)34(21-28-12-7-5-8-13-28)40(23-30-31(37)16-11-17-32(30)38)35(42)24-41(33-20-26(3)18-19-27(33)4)46(44,45)29-14-9-6-10-15-29/h5-20,25,34H,21-24H2,1-4H3,(H,39,43). The zero-order valence-electron chi connectivity index (χ0n) is 26.4. The highest BCUT2D eigenvalue weighted by molar-refractivity contribution is 7.92. The molecular weight excluding hydrogens is 641 g/mol. The van der Waals surface area contributed by atoms with Crippen LogP contribution in [-0.4, -0.2) is 44.3 Å². The van der Waals surface area contributed by atoms with Gasteiger partial charge in [0.1, 0.15) is 12.6 Å². The average molecular weight is 681 g/mol. The van der Waals surface area contributed by atoms with Gasteiger partial charge in [0, 0.05) is 35.1 Å². The van der Waals surface area contributed by atoms with Crippen molar-refractivity contribution in [3.8, 4) is 0 Å². The largest absolute Gasteiger partial charge is 0.354 e. The first kappa shape index (κ1) is 35.0. The number of halogens is 2. The van der Waals surface area contributed by atoms with Gasteiger partial charge in [-0.05, 0) is 66.8 Å². The second-order valence-electron chi connectivity index (χ2n) is 11.7. The molecule has 1 unspecified atom stereocenters. The van der Waals surface area contributed by atoms with Gasteiger partial charge in [-0.2, -0.15) is 0 Å². The number of hydrogen-bond acceptors (Lipinski definition) is 4. The van der Waals surface area contributed by atoms with E-state index in [0.29, 0.717) is 33.4 Å². The van der Waals surface area contributed by atoms with Crippen molar-refractivity contribution in [2.75, 3.05) is 17.4 Å². The highest BCUT2D eigenvalue weighted by atomic mass is 35.5. The van der Waals surface area contributed by atoms with Gasteiger partial charge < -0.3 is 10.2 Å². The number of anilines is 1. The van der Waals surface area contributed by atoms with Crippen LogP contribution in [0.2, 0.25) is 10.0 Å². The number of sulfonamides is 1. The van der Waals surface area contributed by atoms with Crippen LogP contribution in [-0.2, 0) is 32.6 Å².